The van der Waals surface area contributed by atoms with Crippen LogP contribution >= 0.6 is 12.2 Å². The summed E-state index contributed by atoms with van der Waals surface area (Å²) in [4.78, 5) is 14.1. The van der Waals surface area contributed by atoms with Crippen molar-refractivity contribution in [2.45, 2.75) is 31.3 Å². The fourth-order valence-electron chi connectivity index (χ4n) is 2.98. The number of aromatic nitrogens is 3. The Morgan fingerprint density at radius 1 is 1.20 bits per heavy atom. The molecule has 0 bridgehead atoms. The summed E-state index contributed by atoms with van der Waals surface area (Å²) in [5.41, 5.74) is -0.0984. The highest BCUT2D eigenvalue weighted by molar-refractivity contribution is 7.71. The van der Waals surface area contributed by atoms with Crippen LogP contribution in [0.1, 0.15) is 25.3 Å². The third-order valence-electron chi connectivity index (χ3n) is 3.62. The first-order chi connectivity index (χ1) is 7.27. The molecule has 82 valence electrons. The smallest absolute Gasteiger partial charge is 0.298 e. The topological polar surface area (TPSA) is 56.8 Å². The van der Waals surface area contributed by atoms with Crippen molar-refractivity contribution in [2.75, 3.05) is 13.1 Å². The number of rotatable bonds is 1. The van der Waals surface area contributed by atoms with Crippen LogP contribution in [0.3, 0.4) is 0 Å². The molecule has 3 heterocycles. The Morgan fingerprint density at radius 3 is 2.80 bits per heavy atom. The number of hydrogen-bond acceptors (Lipinski definition) is 3. The van der Waals surface area contributed by atoms with Gasteiger partial charge in [-0.15, -0.1) is 0 Å². The second-order valence-corrected chi connectivity index (χ2v) is 4.72. The minimum atomic E-state index is -0.0984. The van der Waals surface area contributed by atoms with Crippen molar-refractivity contribution >= 4 is 12.2 Å². The average Bonchev–Trinajstić information content (AvgIpc) is 2.84. The Morgan fingerprint density at radius 2 is 2.07 bits per heavy atom. The van der Waals surface area contributed by atoms with Crippen LogP contribution in [0.4, 0.5) is 0 Å². The van der Waals surface area contributed by atoms with E-state index in [0.29, 0.717) is 10.8 Å². The number of aromatic amines is 2. The molecule has 3 rings (SSSR count). The van der Waals surface area contributed by atoms with Gasteiger partial charge < -0.3 is 0 Å². The monoisotopic (exact) mass is 226 g/mol. The first-order valence-corrected chi connectivity index (χ1v) is 5.81. The number of fused-ring (bicyclic) bond motifs is 1. The lowest BCUT2D eigenvalue weighted by Gasteiger charge is -2.19. The van der Waals surface area contributed by atoms with E-state index in [2.05, 4.69) is 15.1 Å². The van der Waals surface area contributed by atoms with Crippen LogP contribution in [0, 0.1) is 4.77 Å². The molecule has 1 aromatic rings. The lowest BCUT2D eigenvalue weighted by atomic mass is 10.1. The van der Waals surface area contributed by atoms with Crippen molar-refractivity contribution in [2.24, 2.45) is 0 Å². The van der Waals surface area contributed by atoms with Crippen LogP contribution in [0.2, 0.25) is 0 Å². The summed E-state index contributed by atoms with van der Waals surface area (Å²) in [6, 6.07) is 0.795. The van der Waals surface area contributed by atoms with E-state index < -0.39 is 0 Å². The van der Waals surface area contributed by atoms with Gasteiger partial charge in [0.2, 0.25) is 0 Å². The van der Waals surface area contributed by atoms with E-state index in [9.17, 15) is 4.79 Å². The van der Waals surface area contributed by atoms with Crippen LogP contribution in [0.25, 0.3) is 0 Å². The minimum Gasteiger partial charge on any atom is -0.298 e. The first-order valence-electron chi connectivity index (χ1n) is 5.40. The summed E-state index contributed by atoms with van der Waals surface area (Å²) in [7, 11) is 0. The number of nitrogens with zero attached hydrogens (tertiary/aromatic N) is 2. The van der Waals surface area contributed by atoms with E-state index in [1.807, 2.05) is 0 Å². The van der Waals surface area contributed by atoms with Crippen LogP contribution < -0.4 is 5.69 Å². The van der Waals surface area contributed by atoms with E-state index in [-0.39, 0.29) is 11.7 Å². The van der Waals surface area contributed by atoms with Gasteiger partial charge in [-0.3, -0.25) is 14.6 Å². The molecule has 0 saturated carbocycles. The molecule has 0 aromatic carbocycles. The van der Waals surface area contributed by atoms with Gasteiger partial charge in [-0.05, 0) is 38.0 Å². The van der Waals surface area contributed by atoms with Crippen LogP contribution in [-0.2, 0) is 0 Å². The summed E-state index contributed by atoms with van der Waals surface area (Å²) in [5.74, 6) is 0. The van der Waals surface area contributed by atoms with E-state index in [1.165, 1.54) is 19.4 Å². The lowest BCUT2D eigenvalue weighted by Crippen LogP contribution is -2.31. The summed E-state index contributed by atoms with van der Waals surface area (Å²) in [6.45, 7) is 2.28. The van der Waals surface area contributed by atoms with Crippen molar-refractivity contribution in [1.29, 1.82) is 0 Å². The standard InChI is InChI=1S/C9H14N4OS/c14-8-10-11-9(15)13(8)7-3-5-12-4-1-2-6(7)12/h6-7H,1-5H2,(H,10,14)(H,11,15). The summed E-state index contributed by atoms with van der Waals surface area (Å²) < 4.78 is 2.24. The zero-order chi connectivity index (χ0) is 10.4. The normalized spacial score (nSPS) is 30.9. The Hall–Kier alpha value is -0.880. The molecule has 2 aliphatic heterocycles. The molecular weight excluding hydrogens is 212 g/mol. The highest BCUT2D eigenvalue weighted by Crippen LogP contribution is 2.35. The molecule has 0 radical (unpaired) electrons. The van der Waals surface area contributed by atoms with E-state index in [4.69, 9.17) is 12.2 Å². The van der Waals surface area contributed by atoms with Crippen LogP contribution in [0.5, 0.6) is 0 Å². The molecule has 0 amide bonds. The maximum absolute atomic E-state index is 11.6. The molecule has 2 N–H and O–H groups in total. The SMILES string of the molecule is O=c1[nH][nH]c(=S)n1C1CCN2CCCC12. The second-order valence-electron chi connectivity index (χ2n) is 4.33. The number of H-pyrrole nitrogens is 2. The first kappa shape index (κ1) is 9.35. The fraction of sp³-hybridized carbons (Fsp3) is 0.778. The van der Waals surface area contributed by atoms with Crippen molar-refractivity contribution in [3.05, 3.63) is 15.3 Å². The molecule has 1 aromatic heterocycles. The van der Waals surface area contributed by atoms with Crippen LogP contribution in [-0.4, -0.2) is 38.8 Å². The molecule has 2 saturated heterocycles. The van der Waals surface area contributed by atoms with Gasteiger partial charge in [0.15, 0.2) is 4.77 Å². The molecule has 0 spiro atoms. The Labute approximate surface area is 92.1 Å². The molecule has 5 nitrogen and oxygen atoms in total. The summed E-state index contributed by atoms with van der Waals surface area (Å²) in [6.07, 6.45) is 3.48. The van der Waals surface area contributed by atoms with Gasteiger partial charge >= 0.3 is 5.69 Å². The zero-order valence-electron chi connectivity index (χ0n) is 8.40. The van der Waals surface area contributed by atoms with Crippen molar-refractivity contribution in [3.63, 3.8) is 0 Å². The average molecular weight is 226 g/mol. The highest BCUT2D eigenvalue weighted by atomic mass is 32.1. The van der Waals surface area contributed by atoms with Crippen LogP contribution in [0.15, 0.2) is 4.79 Å². The molecular formula is C9H14N4OS. The van der Waals surface area contributed by atoms with E-state index in [0.717, 1.165) is 13.0 Å². The maximum Gasteiger partial charge on any atom is 0.342 e. The Bertz CT molecular complexity index is 445. The third-order valence-corrected chi connectivity index (χ3v) is 3.91. The molecule has 2 atom stereocenters. The van der Waals surface area contributed by atoms with E-state index in [1.54, 1.807) is 4.57 Å². The zero-order valence-corrected chi connectivity index (χ0v) is 9.22. The number of nitrogens with one attached hydrogen (secondary N) is 2. The highest BCUT2D eigenvalue weighted by Gasteiger charge is 2.39. The largest absolute Gasteiger partial charge is 0.342 e. The molecule has 2 fully saturated rings. The van der Waals surface area contributed by atoms with Crippen molar-refractivity contribution in [3.8, 4) is 0 Å². The van der Waals surface area contributed by atoms with E-state index >= 15 is 0 Å². The Kier molecular flexibility index (Phi) is 2.07. The van der Waals surface area contributed by atoms with Gasteiger partial charge in [0.1, 0.15) is 0 Å². The van der Waals surface area contributed by atoms with Gasteiger partial charge in [0.05, 0.1) is 6.04 Å². The molecule has 2 aliphatic rings. The third kappa shape index (κ3) is 1.32. The predicted octanol–water partition coefficient (Wildman–Crippen LogP) is 0.643. The molecule has 2 unspecified atom stereocenters. The van der Waals surface area contributed by atoms with Gasteiger partial charge in [0.25, 0.3) is 0 Å². The van der Waals surface area contributed by atoms with Gasteiger partial charge in [0, 0.05) is 12.6 Å². The second kappa shape index (κ2) is 3.31. The van der Waals surface area contributed by atoms with Crippen molar-refractivity contribution in [1.82, 2.24) is 19.7 Å². The maximum atomic E-state index is 11.6. The number of hydrogen-bond donors (Lipinski definition) is 2. The fourth-order valence-corrected chi connectivity index (χ4v) is 3.25. The van der Waals surface area contributed by atoms with Gasteiger partial charge in [-0.2, -0.15) is 0 Å². The lowest BCUT2D eigenvalue weighted by molar-refractivity contribution is 0.287. The molecule has 6 heteroatoms. The Balaban J connectivity index is 2.01. The van der Waals surface area contributed by atoms with Gasteiger partial charge in [-0.1, -0.05) is 0 Å². The predicted molar refractivity (Wildman–Crippen MR) is 58.5 cm³/mol. The summed E-state index contributed by atoms with van der Waals surface area (Å²) in [5, 5.41) is 5.27. The minimum absolute atomic E-state index is 0.0984. The molecule has 0 aliphatic carbocycles. The van der Waals surface area contributed by atoms with Crippen molar-refractivity contribution < 1.29 is 0 Å². The quantitative estimate of drug-likeness (QED) is 0.691. The molecule has 15 heavy (non-hydrogen) atoms. The summed E-state index contributed by atoms with van der Waals surface area (Å²) >= 11 is 5.13. The van der Waals surface area contributed by atoms with Gasteiger partial charge in [-0.25, -0.2) is 9.89 Å².